The van der Waals surface area contributed by atoms with E-state index in [-0.39, 0.29) is 0 Å². The van der Waals surface area contributed by atoms with Crippen LogP contribution in [-0.2, 0) is 19.6 Å². The molecule has 0 radical (unpaired) electrons. The lowest BCUT2D eigenvalue weighted by Gasteiger charge is -2.35. The van der Waals surface area contributed by atoms with Crippen molar-refractivity contribution >= 4 is 18.0 Å². The Hall–Kier alpha value is -2.24. The van der Waals surface area contributed by atoms with Crippen LogP contribution in [0.1, 0.15) is 30.7 Å². The van der Waals surface area contributed by atoms with Crippen LogP contribution in [0.4, 0.5) is 5.82 Å². The summed E-state index contributed by atoms with van der Waals surface area (Å²) in [6.07, 6.45) is 6.44. The Bertz CT molecular complexity index is 870. The van der Waals surface area contributed by atoms with Gasteiger partial charge in [0.2, 0.25) is 0 Å². The topological polar surface area (TPSA) is 65.9 Å². The van der Waals surface area contributed by atoms with Crippen LogP contribution < -0.4 is 4.90 Å². The molecule has 0 spiro atoms. The largest absolute Gasteiger partial charge is 0.353 e. The van der Waals surface area contributed by atoms with Crippen molar-refractivity contribution in [2.24, 2.45) is 0 Å². The average Bonchev–Trinajstić information content (AvgIpc) is 2.85. The lowest BCUT2D eigenvalue weighted by molar-refractivity contribution is 0.193. The van der Waals surface area contributed by atoms with Crippen LogP contribution in [0.25, 0.3) is 0 Å². The van der Waals surface area contributed by atoms with Crippen LogP contribution in [0.15, 0.2) is 18.3 Å². The van der Waals surface area contributed by atoms with E-state index in [0.717, 1.165) is 62.2 Å². The molecule has 4 heterocycles. The highest BCUT2D eigenvalue weighted by atomic mass is 32.1. The van der Waals surface area contributed by atoms with Crippen LogP contribution >= 0.6 is 12.2 Å². The molecular formula is C18H23N7S. The quantitative estimate of drug-likeness (QED) is 0.773. The highest BCUT2D eigenvalue weighted by molar-refractivity contribution is 7.71. The van der Waals surface area contributed by atoms with Gasteiger partial charge in [-0.05, 0) is 37.2 Å². The SMILES string of the molecule is N#Cc1cccnc1N1CCN(Cn2nc3n(c2=S)CCCCC3)CC1. The Morgan fingerprint density at radius 1 is 1.12 bits per heavy atom. The molecule has 1 fully saturated rings. The van der Waals surface area contributed by atoms with Crippen molar-refractivity contribution in [2.45, 2.75) is 38.9 Å². The molecule has 0 aliphatic carbocycles. The van der Waals surface area contributed by atoms with Gasteiger partial charge in [-0.2, -0.15) is 10.4 Å². The monoisotopic (exact) mass is 369 g/mol. The van der Waals surface area contributed by atoms with E-state index in [4.69, 9.17) is 17.3 Å². The summed E-state index contributed by atoms with van der Waals surface area (Å²) in [5.41, 5.74) is 0.640. The smallest absolute Gasteiger partial charge is 0.199 e. The van der Waals surface area contributed by atoms with Crippen molar-refractivity contribution in [1.29, 1.82) is 5.26 Å². The van der Waals surface area contributed by atoms with Gasteiger partial charge in [0, 0.05) is 45.3 Å². The predicted octanol–water partition coefficient (Wildman–Crippen LogP) is 2.19. The number of anilines is 1. The summed E-state index contributed by atoms with van der Waals surface area (Å²) in [4.78, 5) is 8.96. The fourth-order valence-corrected chi connectivity index (χ4v) is 4.04. The minimum absolute atomic E-state index is 0.640. The molecule has 4 rings (SSSR count). The van der Waals surface area contributed by atoms with Gasteiger partial charge in [0.15, 0.2) is 4.77 Å². The van der Waals surface area contributed by atoms with Crippen molar-refractivity contribution in [2.75, 3.05) is 31.1 Å². The lowest BCUT2D eigenvalue weighted by atomic mass is 10.2. The van der Waals surface area contributed by atoms with Gasteiger partial charge in [-0.25, -0.2) is 9.67 Å². The van der Waals surface area contributed by atoms with Crippen LogP contribution in [0.2, 0.25) is 0 Å². The van der Waals surface area contributed by atoms with E-state index >= 15 is 0 Å². The number of nitriles is 1. The molecule has 2 aromatic rings. The number of hydrogen-bond acceptors (Lipinski definition) is 6. The molecule has 2 aromatic heterocycles. The maximum atomic E-state index is 9.27. The summed E-state index contributed by atoms with van der Waals surface area (Å²) in [6.45, 7) is 5.26. The second-order valence-electron chi connectivity index (χ2n) is 6.89. The second kappa shape index (κ2) is 7.56. The zero-order valence-electron chi connectivity index (χ0n) is 14.8. The highest BCUT2D eigenvalue weighted by Gasteiger charge is 2.21. The number of fused-ring (bicyclic) bond motifs is 1. The first-order valence-corrected chi connectivity index (χ1v) is 9.66. The van der Waals surface area contributed by atoms with E-state index in [1.165, 1.54) is 19.3 Å². The molecule has 0 atom stereocenters. The predicted molar refractivity (Wildman–Crippen MR) is 101 cm³/mol. The third-order valence-corrected chi connectivity index (χ3v) is 5.63. The van der Waals surface area contributed by atoms with Gasteiger partial charge >= 0.3 is 0 Å². The Balaban J connectivity index is 1.42. The molecule has 0 N–H and O–H groups in total. The van der Waals surface area contributed by atoms with Crippen LogP contribution in [0.3, 0.4) is 0 Å². The maximum Gasteiger partial charge on any atom is 0.199 e. The van der Waals surface area contributed by atoms with Gasteiger partial charge in [0.25, 0.3) is 0 Å². The van der Waals surface area contributed by atoms with Crippen molar-refractivity contribution in [3.05, 3.63) is 34.5 Å². The van der Waals surface area contributed by atoms with Crippen LogP contribution in [0.5, 0.6) is 0 Å². The van der Waals surface area contributed by atoms with Gasteiger partial charge in [-0.1, -0.05) is 6.42 Å². The standard InChI is InChI=1S/C18H23N7S/c19-13-15-5-4-7-20-17(15)23-11-9-22(10-12-23)14-25-18(26)24-8-3-1-2-6-16(24)21-25/h4-5,7H,1-3,6,8-12,14H2. The zero-order valence-corrected chi connectivity index (χ0v) is 15.7. The average molecular weight is 369 g/mol. The summed E-state index contributed by atoms with van der Waals surface area (Å²) in [5.74, 6) is 1.93. The van der Waals surface area contributed by atoms with Gasteiger partial charge in [0.05, 0.1) is 12.2 Å². The molecule has 0 amide bonds. The van der Waals surface area contributed by atoms with E-state index < -0.39 is 0 Å². The molecule has 2 aliphatic rings. The number of rotatable bonds is 3. The first-order valence-electron chi connectivity index (χ1n) is 9.25. The maximum absolute atomic E-state index is 9.27. The van der Waals surface area contributed by atoms with Gasteiger partial charge in [-0.3, -0.25) is 4.90 Å². The number of piperazine rings is 1. The fraction of sp³-hybridized carbons (Fsp3) is 0.556. The normalized spacial score (nSPS) is 18.2. The molecule has 26 heavy (non-hydrogen) atoms. The fourth-order valence-electron chi connectivity index (χ4n) is 3.74. The van der Waals surface area contributed by atoms with Gasteiger partial charge in [0.1, 0.15) is 17.7 Å². The van der Waals surface area contributed by atoms with E-state index in [1.807, 2.05) is 16.8 Å². The van der Waals surface area contributed by atoms with E-state index in [0.29, 0.717) is 5.56 Å². The van der Waals surface area contributed by atoms with Crippen LogP contribution in [0, 0.1) is 16.1 Å². The van der Waals surface area contributed by atoms with Crippen molar-refractivity contribution in [1.82, 2.24) is 24.2 Å². The molecule has 2 aliphatic heterocycles. The molecule has 0 unspecified atom stereocenters. The Kier molecular flexibility index (Phi) is 5.00. The third kappa shape index (κ3) is 3.37. The lowest BCUT2D eigenvalue weighted by Crippen LogP contribution is -2.47. The number of aromatic nitrogens is 4. The Labute approximate surface area is 158 Å². The minimum Gasteiger partial charge on any atom is -0.353 e. The summed E-state index contributed by atoms with van der Waals surface area (Å²) in [5, 5.41) is 14.0. The molecule has 0 aromatic carbocycles. The Morgan fingerprint density at radius 3 is 2.77 bits per heavy atom. The summed E-state index contributed by atoms with van der Waals surface area (Å²) in [6, 6.07) is 5.87. The summed E-state index contributed by atoms with van der Waals surface area (Å²) in [7, 11) is 0. The first kappa shape index (κ1) is 17.2. The van der Waals surface area contributed by atoms with Crippen molar-refractivity contribution in [3.63, 3.8) is 0 Å². The van der Waals surface area contributed by atoms with E-state index in [2.05, 4.69) is 25.4 Å². The zero-order chi connectivity index (χ0) is 17.9. The molecule has 8 heteroatoms. The van der Waals surface area contributed by atoms with Crippen molar-refractivity contribution < 1.29 is 0 Å². The third-order valence-electron chi connectivity index (χ3n) is 5.19. The van der Waals surface area contributed by atoms with Gasteiger partial charge in [-0.15, -0.1) is 0 Å². The molecule has 7 nitrogen and oxygen atoms in total. The number of nitrogens with zero attached hydrogens (tertiary/aromatic N) is 7. The summed E-state index contributed by atoms with van der Waals surface area (Å²) < 4.78 is 5.04. The molecule has 136 valence electrons. The number of hydrogen-bond donors (Lipinski definition) is 0. The molecular weight excluding hydrogens is 346 g/mol. The second-order valence-corrected chi connectivity index (χ2v) is 7.26. The van der Waals surface area contributed by atoms with E-state index in [1.54, 1.807) is 6.20 Å². The van der Waals surface area contributed by atoms with E-state index in [9.17, 15) is 5.26 Å². The van der Waals surface area contributed by atoms with Crippen LogP contribution in [-0.4, -0.2) is 50.4 Å². The first-order chi connectivity index (χ1) is 12.8. The number of pyridine rings is 1. The van der Waals surface area contributed by atoms with Gasteiger partial charge < -0.3 is 9.47 Å². The highest BCUT2D eigenvalue weighted by Crippen LogP contribution is 2.19. The minimum atomic E-state index is 0.640. The Morgan fingerprint density at radius 2 is 1.96 bits per heavy atom. The number of aryl methyl sites for hydroxylation is 1. The molecule has 0 bridgehead atoms. The van der Waals surface area contributed by atoms with Crippen molar-refractivity contribution in [3.8, 4) is 6.07 Å². The molecule has 1 saturated heterocycles. The molecule has 0 saturated carbocycles. The summed E-state index contributed by atoms with van der Waals surface area (Å²) >= 11 is 5.65.